The molecule has 1 atom stereocenters. The van der Waals surface area contributed by atoms with Crippen LogP contribution >= 0.6 is 12.4 Å². The van der Waals surface area contributed by atoms with E-state index in [2.05, 4.69) is 3.82 Å². The van der Waals surface area contributed by atoms with Gasteiger partial charge in [-0.25, -0.2) is 0 Å². The van der Waals surface area contributed by atoms with E-state index in [0.717, 1.165) is 0 Å². The predicted octanol–water partition coefficient (Wildman–Crippen LogP) is -0.482. The van der Waals surface area contributed by atoms with Crippen LogP contribution < -0.4 is 0 Å². The van der Waals surface area contributed by atoms with Crippen LogP contribution in [0.4, 0.5) is 0 Å². The van der Waals surface area contributed by atoms with Crippen molar-refractivity contribution in [2.24, 2.45) is 0 Å². The number of halogens is 1. The Kier molecular flexibility index (Phi) is 8.90. The molecule has 0 aromatic carbocycles. The zero-order valence-electron chi connectivity index (χ0n) is 3.43. The Morgan fingerprint density at radius 1 is 1.40 bits per heavy atom. The van der Waals surface area contributed by atoms with E-state index in [4.69, 9.17) is 0 Å². The van der Waals surface area contributed by atoms with Gasteiger partial charge >= 0.3 is 35.0 Å². The molecule has 0 bridgehead atoms. The fraction of sp³-hybridized carbons (Fsp3) is 1.00. The van der Waals surface area contributed by atoms with Crippen LogP contribution in [-0.4, -0.2) is 35.0 Å². The van der Waals surface area contributed by atoms with Crippen molar-refractivity contribution < 1.29 is 0 Å². The minimum atomic E-state index is 0. The second-order valence-corrected chi connectivity index (χ2v) is 3.13. The van der Waals surface area contributed by atoms with Crippen molar-refractivity contribution in [3.63, 3.8) is 0 Å². The Labute approximate surface area is 47.9 Å². The molecule has 0 aliphatic carbocycles. The number of nitrogens with zero attached hydrogens (tertiary/aromatic N) is 1. The standard InChI is InChI=1S/C2H8AsN.ClH/c1-4(2)3;/h3H2,1-2H3;1H. The van der Waals surface area contributed by atoms with E-state index >= 15 is 0 Å². The van der Waals surface area contributed by atoms with E-state index in [9.17, 15) is 0 Å². The van der Waals surface area contributed by atoms with E-state index in [1.807, 2.05) is 14.1 Å². The molecule has 34 valence electrons. The Morgan fingerprint density at radius 3 is 1.40 bits per heavy atom. The van der Waals surface area contributed by atoms with Gasteiger partial charge in [0.2, 0.25) is 0 Å². The summed E-state index contributed by atoms with van der Waals surface area (Å²) in [6.07, 6.45) is 0. The third-order valence-electron chi connectivity index (χ3n) is 0. The first kappa shape index (κ1) is 9.26. The van der Waals surface area contributed by atoms with E-state index in [1.165, 1.54) is 0 Å². The van der Waals surface area contributed by atoms with Gasteiger partial charge < -0.3 is 0 Å². The van der Waals surface area contributed by atoms with E-state index in [0.29, 0.717) is 0 Å². The van der Waals surface area contributed by atoms with Gasteiger partial charge in [-0.05, 0) is 0 Å². The summed E-state index contributed by atoms with van der Waals surface area (Å²) < 4.78 is 2.06. The Balaban J connectivity index is 0. The minimum Gasteiger partial charge on any atom is -0.147 e. The van der Waals surface area contributed by atoms with Crippen LogP contribution in [0.3, 0.4) is 0 Å². The van der Waals surface area contributed by atoms with Gasteiger partial charge in [0.05, 0.1) is 0 Å². The Bertz CT molecular complexity index is 14.4. The van der Waals surface area contributed by atoms with Crippen LogP contribution in [-0.2, 0) is 0 Å². The zero-order valence-corrected chi connectivity index (χ0v) is 6.67. The number of rotatable bonds is 0. The van der Waals surface area contributed by atoms with Crippen LogP contribution in [0.1, 0.15) is 0 Å². The maximum absolute atomic E-state index is 2.06. The molecule has 0 N–H and O–H groups in total. The predicted molar refractivity (Wildman–Crippen MR) is 29.5 cm³/mol. The molecule has 0 saturated carbocycles. The van der Waals surface area contributed by atoms with Gasteiger partial charge in [-0.3, -0.25) is 0 Å². The van der Waals surface area contributed by atoms with Crippen molar-refractivity contribution in [1.82, 2.24) is 3.82 Å². The average Bonchev–Trinajstić information content (AvgIpc) is 0.811. The minimum absolute atomic E-state index is 0. The first-order valence-corrected chi connectivity index (χ1v) is 2.24. The number of hydrogen-bond acceptors (Lipinski definition) is 1. The smallest absolute Gasteiger partial charge is 0.147 e. The summed E-state index contributed by atoms with van der Waals surface area (Å²) in [6, 6.07) is 0. The molecule has 0 heterocycles. The van der Waals surface area contributed by atoms with E-state index < -0.39 is 0 Å². The van der Waals surface area contributed by atoms with Gasteiger partial charge in [-0.1, -0.05) is 0 Å². The molecule has 0 rings (SSSR count). The molecule has 0 aliphatic rings. The molecular weight excluding hydrogens is 148 g/mol. The second-order valence-electron chi connectivity index (χ2n) is 0.964. The Hall–Kier alpha value is 0.808. The summed E-state index contributed by atoms with van der Waals surface area (Å²) in [5.41, 5.74) is 0. The molecule has 1 nitrogen and oxygen atoms in total. The summed E-state index contributed by atoms with van der Waals surface area (Å²) in [5.74, 6) is 0. The molecule has 0 saturated heterocycles. The quantitative estimate of drug-likeness (QED) is 0.429. The fourth-order valence-electron chi connectivity index (χ4n) is 0. The first-order valence-electron chi connectivity index (χ1n) is 1.15. The third kappa shape index (κ3) is 58.0. The average molecular weight is 157 g/mol. The molecule has 0 aromatic heterocycles. The van der Waals surface area contributed by atoms with Crippen LogP contribution in [0.2, 0.25) is 0 Å². The molecule has 3 heteroatoms. The van der Waals surface area contributed by atoms with Crippen LogP contribution in [0, 0.1) is 0 Å². The summed E-state index contributed by atoms with van der Waals surface area (Å²) in [5, 5.41) is 0. The fourth-order valence-corrected chi connectivity index (χ4v) is 0. The topological polar surface area (TPSA) is 3.24 Å². The van der Waals surface area contributed by atoms with Crippen molar-refractivity contribution in [2.45, 2.75) is 0 Å². The molecule has 0 aromatic rings. The molecule has 0 aliphatic heterocycles. The zero-order chi connectivity index (χ0) is 3.58. The summed E-state index contributed by atoms with van der Waals surface area (Å²) in [7, 11) is 4.06. The van der Waals surface area contributed by atoms with Crippen molar-refractivity contribution in [1.29, 1.82) is 0 Å². The summed E-state index contributed by atoms with van der Waals surface area (Å²) in [6.45, 7) is 0. The molecule has 0 amide bonds. The molecule has 1 unspecified atom stereocenters. The second kappa shape index (κ2) is 4.81. The van der Waals surface area contributed by atoms with Crippen LogP contribution in [0.5, 0.6) is 0 Å². The van der Waals surface area contributed by atoms with E-state index in [-0.39, 0.29) is 12.4 Å². The molecule has 0 spiro atoms. The van der Waals surface area contributed by atoms with Crippen LogP contribution in [0.15, 0.2) is 0 Å². The van der Waals surface area contributed by atoms with Crippen LogP contribution in [0.25, 0.3) is 0 Å². The molecule has 0 radical (unpaired) electrons. The van der Waals surface area contributed by atoms with Crippen molar-refractivity contribution >= 4 is 29.5 Å². The normalized spacial score (nSPS) is 7.20. The van der Waals surface area contributed by atoms with Gasteiger partial charge in [-0.15, -0.1) is 12.4 Å². The third-order valence-corrected chi connectivity index (χ3v) is 0. The van der Waals surface area contributed by atoms with Gasteiger partial charge in [0.25, 0.3) is 0 Å². The SMILES string of the molecule is CN(C)[AsH2].Cl. The maximum Gasteiger partial charge on any atom is -0.147 e. The van der Waals surface area contributed by atoms with Gasteiger partial charge in [0, 0.05) is 0 Å². The molecule has 0 fully saturated rings. The molecular formula is C2H9AsClN. The summed E-state index contributed by atoms with van der Waals surface area (Å²) in [4.78, 5) is 0. The Morgan fingerprint density at radius 2 is 1.40 bits per heavy atom. The van der Waals surface area contributed by atoms with Gasteiger partial charge in [-0.2, -0.15) is 0 Å². The largest absolute Gasteiger partial charge is 0.147 e. The van der Waals surface area contributed by atoms with Gasteiger partial charge in [0.1, 0.15) is 0 Å². The summed E-state index contributed by atoms with van der Waals surface area (Å²) >= 11 is 1.63. The molecule has 5 heavy (non-hydrogen) atoms. The van der Waals surface area contributed by atoms with E-state index in [1.54, 1.807) is 17.1 Å². The monoisotopic (exact) mass is 157 g/mol. The maximum atomic E-state index is 2.06. The van der Waals surface area contributed by atoms with Crippen molar-refractivity contribution in [2.75, 3.05) is 14.1 Å². The van der Waals surface area contributed by atoms with Crippen molar-refractivity contribution in [3.05, 3.63) is 0 Å². The van der Waals surface area contributed by atoms with Gasteiger partial charge in [0.15, 0.2) is 0 Å². The first-order chi connectivity index (χ1) is 1.73. The van der Waals surface area contributed by atoms with Crippen molar-refractivity contribution in [3.8, 4) is 0 Å². The number of hydrogen-bond donors (Lipinski definition) is 0.